The molecule has 6 heteroatoms. The molecule has 0 aliphatic carbocycles. The third-order valence-electron chi connectivity index (χ3n) is 3.96. The lowest BCUT2D eigenvalue weighted by Crippen LogP contribution is -2.54. The summed E-state index contributed by atoms with van der Waals surface area (Å²) < 4.78 is 16.6. The zero-order valence-electron chi connectivity index (χ0n) is 14.1. The smallest absolute Gasteiger partial charge is 0.228 e. The lowest BCUT2D eigenvalue weighted by Gasteiger charge is -2.34. The summed E-state index contributed by atoms with van der Waals surface area (Å²) in [7, 11) is 0. The molecule has 2 aromatic carbocycles. The van der Waals surface area contributed by atoms with Gasteiger partial charge in [-0.3, -0.25) is 0 Å². The maximum atomic E-state index is 9.89. The number of aliphatic hydroxyl groups excluding tert-OH is 3. The van der Waals surface area contributed by atoms with Crippen LogP contribution in [-0.4, -0.2) is 46.5 Å². The van der Waals surface area contributed by atoms with Crippen molar-refractivity contribution in [3.05, 3.63) is 53.6 Å². The van der Waals surface area contributed by atoms with Crippen LogP contribution in [0, 0.1) is 13.8 Å². The van der Waals surface area contributed by atoms with Gasteiger partial charge in [0, 0.05) is 0 Å². The van der Waals surface area contributed by atoms with Crippen molar-refractivity contribution >= 4 is 0 Å². The van der Waals surface area contributed by atoms with E-state index < -0.39 is 24.6 Å². The Morgan fingerprint density at radius 3 is 2.08 bits per heavy atom. The van der Waals surface area contributed by atoms with E-state index in [0.717, 1.165) is 16.9 Å². The van der Waals surface area contributed by atoms with Gasteiger partial charge >= 0.3 is 0 Å². The van der Waals surface area contributed by atoms with E-state index in [1.807, 2.05) is 26.0 Å². The maximum absolute atomic E-state index is 9.89. The molecule has 0 amide bonds. The van der Waals surface area contributed by atoms with Gasteiger partial charge in [0.15, 0.2) is 0 Å². The van der Waals surface area contributed by atoms with Crippen molar-refractivity contribution in [2.45, 2.75) is 38.4 Å². The molecule has 0 radical (unpaired) electrons. The Morgan fingerprint density at radius 1 is 0.840 bits per heavy atom. The van der Waals surface area contributed by atoms with E-state index in [-0.39, 0.29) is 6.61 Å². The Labute approximate surface area is 146 Å². The minimum absolute atomic E-state index is 0.100. The van der Waals surface area contributed by atoms with Crippen LogP contribution in [0.15, 0.2) is 42.5 Å². The van der Waals surface area contributed by atoms with Gasteiger partial charge in [0.05, 0.1) is 6.61 Å². The number of ether oxygens (including phenoxy) is 3. The quantitative estimate of drug-likeness (QED) is 0.784. The summed E-state index contributed by atoms with van der Waals surface area (Å²) >= 11 is 0. The van der Waals surface area contributed by atoms with Crippen molar-refractivity contribution in [1.82, 2.24) is 0 Å². The lowest BCUT2D eigenvalue weighted by molar-refractivity contribution is -0.242. The summed E-state index contributed by atoms with van der Waals surface area (Å²) in [5, 5.41) is 29.0. The third kappa shape index (κ3) is 4.29. The van der Waals surface area contributed by atoms with Gasteiger partial charge in [-0.1, -0.05) is 6.07 Å². The molecule has 3 rings (SSSR count). The molecule has 3 N–H and O–H groups in total. The topological polar surface area (TPSA) is 88.4 Å². The van der Waals surface area contributed by atoms with Crippen molar-refractivity contribution in [3.63, 3.8) is 0 Å². The van der Waals surface area contributed by atoms with E-state index in [0.29, 0.717) is 11.5 Å². The van der Waals surface area contributed by atoms with Crippen molar-refractivity contribution in [2.24, 2.45) is 0 Å². The SMILES string of the molecule is Cc1cc(C)cc(Oc2ccc(O[C@H]3OC[C@H](O)[C@H](O)[C@H]3O)cc2)c1. The van der Waals surface area contributed by atoms with Crippen molar-refractivity contribution in [2.75, 3.05) is 6.61 Å². The second kappa shape index (κ2) is 7.41. The van der Waals surface area contributed by atoms with E-state index >= 15 is 0 Å². The monoisotopic (exact) mass is 346 g/mol. The molecule has 134 valence electrons. The minimum atomic E-state index is -1.32. The van der Waals surface area contributed by atoms with Crippen LogP contribution < -0.4 is 9.47 Å². The Kier molecular flexibility index (Phi) is 5.24. The van der Waals surface area contributed by atoms with Crippen LogP contribution in [0.4, 0.5) is 0 Å². The van der Waals surface area contributed by atoms with E-state index in [9.17, 15) is 15.3 Å². The standard InChI is InChI=1S/C19H22O6/c1-11-7-12(2)9-15(8-11)24-13-3-5-14(6-4-13)25-19-18(22)17(21)16(20)10-23-19/h3-9,16-22H,10H2,1-2H3/t16-,17-,18+,19+/m0/s1. The summed E-state index contributed by atoms with van der Waals surface area (Å²) in [5.74, 6) is 1.87. The number of hydrogen-bond acceptors (Lipinski definition) is 6. The molecule has 6 nitrogen and oxygen atoms in total. The van der Waals surface area contributed by atoms with Gasteiger partial charge in [0.1, 0.15) is 35.6 Å². The first-order chi connectivity index (χ1) is 11.9. The van der Waals surface area contributed by atoms with Gasteiger partial charge in [-0.2, -0.15) is 0 Å². The Balaban J connectivity index is 1.64. The molecule has 2 aromatic rings. The van der Waals surface area contributed by atoms with Crippen LogP contribution in [0.5, 0.6) is 17.2 Å². The number of rotatable bonds is 4. The van der Waals surface area contributed by atoms with E-state index in [4.69, 9.17) is 14.2 Å². The van der Waals surface area contributed by atoms with Gasteiger partial charge in [0.25, 0.3) is 0 Å². The minimum Gasteiger partial charge on any atom is -0.462 e. The highest BCUT2D eigenvalue weighted by Gasteiger charge is 2.38. The first-order valence-corrected chi connectivity index (χ1v) is 8.11. The molecule has 4 atom stereocenters. The Hall–Kier alpha value is -2.12. The molecule has 1 heterocycles. The lowest BCUT2D eigenvalue weighted by atomic mass is 10.1. The van der Waals surface area contributed by atoms with Crippen LogP contribution in [0.1, 0.15) is 11.1 Å². The largest absolute Gasteiger partial charge is 0.462 e. The van der Waals surface area contributed by atoms with Crippen LogP contribution >= 0.6 is 0 Å². The van der Waals surface area contributed by atoms with E-state index in [1.165, 1.54) is 0 Å². The first-order valence-electron chi connectivity index (χ1n) is 8.11. The van der Waals surface area contributed by atoms with Crippen LogP contribution in [0.2, 0.25) is 0 Å². The van der Waals surface area contributed by atoms with Gasteiger partial charge < -0.3 is 29.5 Å². The zero-order valence-corrected chi connectivity index (χ0v) is 14.1. The fraction of sp³-hybridized carbons (Fsp3) is 0.368. The summed E-state index contributed by atoms with van der Waals surface area (Å²) in [5.41, 5.74) is 2.25. The molecule has 25 heavy (non-hydrogen) atoms. The molecule has 0 aromatic heterocycles. The number of aryl methyl sites for hydroxylation is 2. The van der Waals surface area contributed by atoms with Gasteiger partial charge in [-0.25, -0.2) is 0 Å². The highest BCUT2D eigenvalue weighted by atomic mass is 16.7. The fourth-order valence-corrected chi connectivity index (χ4v) is 2.73. The number of aliphatic hydroxyl groups is 3. The fourth-order valence-electron chi connectivity index (χ4n) is 2.73. The average Bonchev–Trinajstić information content (AvgIpc) is 2.56. The predicted octanol–water partition coefficient (Wildman–Crippen LogP) is 1.91. The highest BCUT2D eigenvalue weighted by Crippen LogP contribution is 2.27. The van der Waals surface area contributed by atoms with Gasteiger partial charge in [-0.15, -0.1) is 0 Å². The Bertz CT molecular complexity index is 694. The van der Waals surface area contributed by atoms with E-state index in [1.54, 1.807) is 24.3 Å². The van der Waals surface area contributed by atoms with Crippen molar-refractivity contribution in [1.29, 1.82) is 0 Å². The van der Waals surface area contributed by atoms with Gasteiger partial charge in [-0.05, 0) is 61.4 Å². The predicted molar refractivity (Wildman–Crippen MR) is 90.8 cm³/mol. The maximum Gasteiger partial charge on any atom is 0.228 e. The summed E-state index contributed by atoms with van der Waals surface area (Å²) in [6.07, 6.45) is -4.78. The highest BCUT2D eigenvalue weighted by molar-refractivity contribution is 5.38. The van der Waals surface area contributed by atoms with Crippen LogP contribution in [0.25, 0.3) is 0 Å². The Morgan fingerprint density at radius 2 is 1.44 bits per heavy atom. The molecule has 1 aliphatic heterocycles. The zero-order chi connectivity index (χ0) is 18.0. The molecular weight excluding hydrogens is 324 g/mol. The molecule has 0 bridgehead atoms. The second-order valence-electron chi connectivity index (χ2n) is 6.26. The summed E-state index contributed by atoms with van der Waals surface area (Å²) in [6.45, 7) is 3.92. The van der Waals surface area contributed by atoms with E-state index in [2.05, 4.69) is 6.07 Å². The summed E-state index contributed by atoms with van der Waals surface area (Å²) in [6, 6.07) is 12.8. The third-order valence-corrected chi connectivity index (χ3v) is 3.96. The molecule has 0 saturated carbocycles. The molecule has 1 saturated heterocycles. The molecule has 1 aliphatic rings. The summed E-state index contributed by atoms with van der Waals surface area (Å²) in [4.78, 5) is 0. The second-order valence-corrected chi connectivity index (χ2v) is 6.26. The van der Waals surface area contributed by atoms with Crippen molar-refractivity contribution in [3.8, 4) is 17.2 Å². The molecule has 0 spiro atoms. The normalized spacial score (nSPS) is 26.3. The molecule has 1 fully saturated rings. The molecular formula is C19H22O6. The van der Waals surface area contributed by atoms with Gasteiger partial charge in [0.2, 0.25) is 6.29 Å². The average molecular weight is 346 g/mol. The van der Waals surface area contributed by atoms with Crippen LogP contribution in [-0.2, 0) is 4.74 Å². The molecule has 0 unspecified atom stereocenters. The number of benzene rings is 2. The first kappa shape index (κ1) is 17.7. The number of hydrogen-bond donors (Lipinski definition) is 3. The van der Waals surface area contributed by atoms with Crippen molar-refractivity contribution < 1.29 is 29.5 Å². The van der Waals surface area contributed by atoms with Crippen LogP contribution in [0.3, 0.4) is 0 Å².